The highest BCUT2D eigenvalue weighted by atomic mass is 35.5. The molecule has 0 atom stereocenters. The topological polar surface area (TPSA) is 29.5 Å². The van der Waals surface area contributed by atoms with Gasteiger partial charge in [0.2, 0.25) is 0 Å². The lowest BCUT2D eigenvalue weighted by molar-refractivity contribution is -0.0000115. The maximum Gasteiger partial charge on any atom is 0.164 e. The number of carbonyl (C=O) groups excluding carboxylic acids is 1. The van der Waals surface area contributed by atoms with Crippen LogP contribution in [-0.2, 0) is 0 Å². The average Bonchev–Trinajstić information content (AvgIpc) is 2.26. The van der Waals surface area contributed by atoms with Gasteiger partial charge in [-0.1, -0.05) is 0 Å². The van der Waals surface area contributed by atoms with Gasteiger partial charge in [-0.15, -0.1) is 0 Å². The number of benzene rings is 1. The molecule has 0 unspecified atom stereocenters. The minimum Gasteiger partial charge on any atom is -1.00 e. The molecular weight excluding hydrogens is 226 g/mol. The lowest BCUT2D eigenvalue weighted by atomic mass is 10.1. The number of nitrogens with zero attached hydrogens (tertiary/aromatic N) is 1. The standard InChI is InChI=1S/C12H17NO2.ClH/c1-13(2)9-8-12(14)10-4-6-11(15-3)7-5-10;/h4-7H,8-9H2,1-3H3;1H/p-1. The Morgan fingerprint density at radius 1 is 1.25 bits per heavy atom. The van der Waals surface area contributed by atoms with Crippen molar-refractivity contribution >= 4 is 5.78 Å². The van der Waals surface area contributed by atoms with E-state index in [0.717, 1.165) is 17.9 Å². The molecule has 16 heavy (non-hydrogen) atoms. The molecule has 1 aromatic rings. The van der Waals surface area contributed by atoms with Gasteiger partial charge in [-0.05, 0) is 38.4 Å². The van der Waals surface area contributed by atoms with Gasteiger partial charge in [0.05, 0.1) is 7.11 Å². The molecule has 1 aromatic carbocycles. The molecule has 0 fully saturated rings. The molecule has 0 aromatic heterocycles. The van der Waals surface area contributed by atoms with Crippen LogP contribution in [0.4, 0.5) is 0 Å². The summed E-state index contributed by atoms with van der Waals surface area (Å²) in [6.07, 6.45) is 0.555. The van der Waals surface area contributed by atoms with Crippen LogP contribution in [0.15, 0.2) is 24.3 Å². The van der Waals surface area contributed by atoms with E-state index in [9.17, 15) is 4.79 Å². The Balaban J connectivity index is 0.00000225. The van der Waals surface area contributed by atoms with Gasteiger partial charge in [0.15, 0.2) is 5.78 Å². The smallest absolute Gasteiger partial charge is 0.164 e. The normalized spacial score (nSPS) is 9.75. The lowest BCUT2D eigenvalue weighted by Gasteiger charge is -2.08. The fourth-order valence-corrected chi connectivity index (χ4v) is 1.25. The Morgan fingerprint density at radius 3 is 2.25 bits per heavy atom. The van der Waals surface area contributed by atoms with Crippen molar-refractivity contribution in [3.05, 3.63) is 29.8 Å². The fourth-order valence-electron chi connectivity index (χ4n) is 1.25. The van der Waals surface area contributed by atoms with Crippen LogP contribution in [0.2, 0.25) is 0 Å². The molecule has 0 heterocycles. The molecule has 0 spiro atoms. The number of ketones is 1. The lowest BCUT2D eigenvalue weighted by Crippen LogP contribution is -3.00. The van der Waals surface area contributed by atoms with Gasteiger partial charge in [-0.3, -0.25) is 4.79 Å². The maximum absolute atomic E-state index is 11.7. The number of carbonyl (C=O) groups is 1. The highest BCUT2D eigenvalue weighted by Crippen LogP contribution is 2.12. The first-order valence-electron chi connectivity index (χ1n) is 4.95. The van der Waals surface area contributed by atoms with Crippen molar-refractivity contribution in [1.29, 1.82) is 0 Å². The predicted molar refractivity (Wildman–Crippen MR) is 60.5 cm³/mol. The number of methoxy groups -OCH3 is 1. The summed E-state index contributed by atoms with van der Waals surface area (Å²) in [4.78, 5) is 13.7. The summed E-state index contributed by atoms with van der Waals surface area (Å²) in [6.45, 7) is 0.783. The molecule has 0 aliphatic carbocycles. The molecule has 90 valence electrons. The van der Waals surface area contributed by atoms with Crippen LogP contribution in [0.25, 0.3) is 0 Å². The third-order valence-corrected chi connectivity index (χ3v) is 2.20. The zero-order valence-corrected chi connectivity index (χ0v) is 10.6. The van der Waals surface area contributed by atoms with Crippen molar-refractivity contribution in [2.75, 3.05) is 27.7 Å². The number of Topliss-reactive ketones (excluding diaryl/α,β-unsaturated/α-hetero) is 1. The minimum atomic E-state index is 0. The van der Waals surface area contributed by atoms with Crippen molar-refractivity contribution in [1.82, 2.24) is 4.90 Å². The zero-order valence-electron chi connectivity index (χ0n) is 9.87. The van der Waals surface area contributed by atoms with Gasteiger partial charge in [-0.25, -0.2) is 0 Å². The Morgan fingerprint density at radius 2 is 1.81 bits per heavy atom. The highest BCUT2D eigenvalue weighted by Gasteiger charge is 2.05. The predicted octanol–water partition coefficient (Wildman–Crippen LogP) is -1.17. The Kier molecular flexibility index (Phi) is 6.77. The fraction of sp³-hybridized carbons (Fsp3) is 0.417. The summed E-state index contributed by atoms with van der Waals surface area (Å²) < 4.78 is 5.03. The Bertz CT molecular complexity index is 322. The molecular formula is C12H17ClNO2-. The van der Waals surface area contributed by atoms with E-state index in [4.69, 9.17) is 4.74 Å². The summed E-state index contributed by atoms with van der Waals surface area (Å²) in [5, 5.41) is 0. The van der Waals surface area contributed by atoms with Crippen molar-refractivity contribution < 1.29 is 21.9 Å². The van der Waals surface area contributed by atoms with Crippen molar-refractivity contribution in [3.8, 4) is 5.75 Å². The van der Waals surface area contributed by atoms with E-state index in [1.54, 1.807) is 19.2 Å². The third-order valence-electron chi connectivity index (χ3n) is 2.20. The van der Waals surface area contributed by atoms with Gasteiger partial charge in [0, 0.05) is 18.5 Å². The first-order valence-corrected chi connectivity index (χ1v) is 4.95. The van der Waals surface area contributed by atoms with E-state index < -0.39 is 0 Å². The SMILES string of the molecule is COc1ccc(C(=O)CCN(C)C)cc1.[Cl-]. The molecule has 4 heteroatoms. The Labute approximate surface area is 103 Å². The second kappa shape index (κ2) is 7.25. The van der Waals surface area contributed by atoms with E-state index in [0.29, 0.717) is 6.42 Å². The first kappa shape index (κ1) is 14.9. The van der Waals surface area contributed by atoms with E-state index >= 15 is 0 Å². The Hall–Kier alpha value is -1.06. The average molecular weight is 243 g/mol. The number of halogens is 1. The molecule has 0 bridgehead atoms. The van der Waals surface area contributed by atoms with E-state index in [-0.39, 0.29) is 18.2 Å². The van der Waals surface area contributed by atoms with Crippen LogP contribution < -0.4 is 17.1 Å². The second-order valence-electron chi connectivity index (χ2n) is 3.70. The van der Waals surface area contributed by atoms with Crippen LogP contribution in [0.3, 0.4) is 0 Å². The summed E-state index contributed by atoms with van der Waals surface area (Å²) in [7, 11) is 5.53. The molecule has 0 aliphatic heterocycles. The number of rotatable bonds is 5. The zero-order chi connectivity index (χ0) is 11.3. The van der Waals surface area contributed by atoms with Gasteiger partial charge < -0.3 is 22.0 Å². The quantitative estimate of drug-likeness (QED) is 0.610. The van der Waals surface area contributed by atoms with Crippen molar-refractivity contribution in [3.63, 3.8) is 0 Å². The molecule has 1 rings (SSSR count). The largest absolute Gasteiger partial charge is 1.00 e. The van der Waals surface area contributed by atoms with Crippen LogP contribution in [0, 0.1) is 0 Å². The first-order chi connectivity index (χ1) is 7.13. The third kappa shape index (κ3) is 4.64. The van der Waals surface area contributed by atoms with E-state index in [1.165, 1.54) is 0 Å². The molecule has 0 saturated carbocycles. The van der Waals surface area contributed by atoms with Gasteiger partial charge in [0.1, 0.15) is 5.75 Å². The highest BCUT2D eigenvalue weighted by molar-refractivity contribution is 5.96. The number of ether oxygens (including phenoxy) is 1. The van der Waals surface area contributed by atoms with Crippen LogP contribution in [-0.4, -0.2) is 38.4 Å². The summed E-state index contributed by atoms with van der Waals surface area (Å²) in [5.41, 5.74) is 0.748. The minimum absolute atomic E-state index is 0. The molecule has 0 N–H and O–H groups in total. The monoisotopic (exact) mass is 242 g/mol. The summed E-state index contributed by atoms with van der Waals surface area (Å²) >= 11 is 0. The summed E-state index contributed by atoms with van der Waals surface area (Å²) in [5.74, 6) is 0.950. The van der Waals surface area contributed by atoms with Crippen molar-refractivity contribution in [2.24, 2.45) is 0 Å². The molecule has 3 nitrogen and oxygen atoms in total. The van der Waals surface area contributed by atoms with Crippen LogP contribution >= 0.6 is 0 Å². The van der Waals surface area contributed by atoms with Gasteiger partial charge in [0.25, 0.3) is 0 Å². The molecule has 0 amide bonds. The molecule has 0 saturated heterocycles. The number of hydrogen-bond donors (Lipinski definition) is 0. The van der Waals surface area contributed by atoms with E-state index in [2.05, 4.69) is 0 Å². The maximum atomic E-state index is 11.7. The molecule has 0 radical (unpaired) electrons. The summed E-state index contributed by atoms with van der Waals surface area (Å²) in [6, 6.07) is 7.22. The second-order valence-corrected chi connectivity index (χ2v) is 3.70. The van der Waals surface area contributed by atoms with Crippen molar-refractivity contribution in [2.45, 2.75) is 6.42 Å². The van der Waals surface area contributed by atoms with E-state index in [1.807, 2.05) is 31.1 Å². The van der Waals surface area contributed by atoms with Gasteiger partial charge in [-0.2, -0.15) is 0 Å². The van der Waals surface area contributed by atoms with Crippen LogP contribution in [0.5, 0.6) is 5.75 Å². The van der Waals surface area contributed by atoms with Crippen LogP contribution in [0.1, 0.15) is 16.8 Å². The number of hydrogen-bond acceptors (Lipinski definition) is 3. The molecule has 0 aliphatic rings. The van der Waals surface area contributed by atoms with Gasteiger partial charge >= 0.3 is 0 Å².